The summed E-state index contributed by atoms with van der Waals surface area (Å²) in [4.78, 5) is 15.3. The SMILES string of the molecule is CCCCOc1ccc(/C=C2\SC(=S)N([C@H](C)c3ccccc3)C2=O)cc1. The fourth-order valence-electron chi connectivity index (χ4n) is 2.84. The van der Waals surface area contributed by atoms with Crippen LogP contribution in [0.25, 0.3) is 6.08 Å². The van der Waals surface area contributed by atoms with Crippen molar-refractivity contribution in [2.45, 2.75) is 32.7 Å². The van der Waals surface area contributed by atoms with Gasteiger partial charge in [-0.1, -0.05) is 79.8 Å². The maximum atomic E-state index is 12.9. The van der Waals surface area contributed by atoms with Crippen LogP contribution in [-0.2, 0) is 4.79 Å². The van der Waals surface area contributed by atoms with Gasteiger partial charge in [0.1, 0.15) is 10.1 Å². The normalized spacial score (nSPS) is 16.8. The van der Waals surface area contributed by atoms with Crippen molar-refractivity contribution in [1.82, 2.24) is 4.90 Å². The van der Waals surface area contributed by atoms with Gasteiger partial charge in [0.25, 0.3) is 5.91 Å². The molecule has 5 heteroatoms. The Hall–Kier alpha value is -2.11. The average molecular weight is 398 g/mol. The minimum atomic E-state index is -0.0843. The molecule has 0 saturated carbocycles. The maximum absolute atomic E-state index is 12.9. The number of thiocarbonyl (C=S) groups is 1. The number of ether oxygens (including phenoxy) is 1. The molecule has 1 fully saturated rings. The number of thioether (sulfide) groups is 1. The second kappa shape index (κ2) is 9.20. The van der Waals surface area contributed by atoms with Crippen LogP contribution in [0.3, 0.4) is 0 Å². The Morgan fingerprint density at radius 2 is 1.85 bits per heavy atom. The van der Waals surface area contributed by atoms with E-state index in [1.54, 1.807) is 4.90 Å². The van der Waals surface area contributed by atoms with E-state index in [0.29, 0.717) is 9.23 Å². The molecule has 140 valence electrons. The van der Waals surface area contributed by atoms with Crippen LogP contribution < -0.4 is 4.74 Å². The summed E-state index contributed by atoms with van der Waals surface area (Å²) in [7, 11) is 0. The molecule has 1 aliphatic rings. The first kappa shape index (κ1) is 19.6. The Kier molecular flexibility index (Phi) is 6.69. The van der Waals surface area contributed by atoms with Crippen LogP contribution in [0.5, 0.6) is 5.75 Å². The van der Waals surface area contributed by atoms with Crippen LogP contribution in [0.1, 0.15) is 43.9 Å². The maximum Gasteiger partial charge on any atom is 0.266 e. The lowest BCUT2D eigenvalue weighted by atomic mass is 10.1. The molecule has 2 aromatic rings. The summed E-state index contributed by atoms with van der Waals surface area (Å²) < 4.78 is 6.28. The number of carbonyl (C=O) groups excluding carboxylic acids is 1. The molecule has 3 nitrogen and oxygen atoms in total. The summed E-state index contributed by atoms with van der Waals surface area (Å²) in [6.45, 7) is 4.87. The summed E-state index contributed by atoms with van der Waals surface area (Å²) >= 11 is 6.83. The summed E-state index contributed by atoms with van der Waals surface area (Å²) in [5.74, 6) is 0.815. The fourth-order valence-corrected chi connectivity index (χ4v) is 4.26. The van der Waals surface area contributed by atoms with Crippen LogP contribution in [0.2, 0.25) is 0 Å². The van der Waals surface area contributed by atoms with E-state index >= 15 is 0 Å². The van der Waals surface area contributed by atoms with Crippen LogP contribution in [0, 0.1) is 0 Å². The molecule has 0 aliphatic carbocycles. The highest BCUT2D eigenvalue weighted by Crippen LogP contribution is 2.38. The molecule has 1 aliphatic heterocycles. The van der Waals surface area contributed by atoms with Crippen molar-refractivity contribution in [3.8, 4) is 5.75 Å². The van der Waals surface area contributed by atoms with Gasteiger partial charge < -0.3 is 4.74 Å². The van der Waals surface area contributed by atoms with E-state index in [0.717, 1.165) is 36.3 Å². The zero-order valence-electron chi connectivity index (χ0n) is 15.6. The number of unbranched alkanes of at least 4 members (excludes halogenated alkanes) is 1. The average Bonchev–Trinajstić information content (AvgIpc) is 2.97. The Labute approximate surface area is 170 Å². The highest BCUT2D eigenvalue weighted by Gasteiger charge is 2.35. The van der Waals surface area contributed by atoms with Crippen molar-refractivity contribution < 1.29 is 9.53 Å². The van der Waals surface area contributed by atoms with Crippen molar-refractivity contribution in [3.05, 3.63) is 70.6 Å². The van der Waals surface area contributed by atoms with Crippen LogP contribution in [0.4, 0.5) is 0 Å². The number of hydrogen-bond donors (Lipinski definition) is 0. The van der Waals surface area contributed by atoms with Gasteiger partial charge in [-0.3, -0.25) is 9.69 Å². The van der Waals surface area contributed by atoms with E-state index in [1.165, 1.54) is 11.8 Å². The van der Waals surface area contributed by atoms with Gasteiger partial charge in [0.2, 0.25) is 0 Å². The van der Waals surface area contributed by atoms with Gasteiger partial charge in [0.05, 0.1) is 17.6 Å². The van der Waals surface area contributed by atoms with Crippen molar-refractivity contribution >= 4 is 40.3 Å². The Morgan fingerprint density at radius 1 is 1.15 bits per heavy atom. The summed E-state index contributed by atoms with van der Waals surface area (Å²) in [6, 6.07) is 17.7. The van der Waals surface area contributed by atoms with Gasteiger partial charge in [-0.15, -0.1) is 0 Å². The van der Waals surface area contributed by atoms with Gasteiger partial charge in [-0.05, 0) is 42.7 Å². The number of hydrogen-bond acceptors (Lipinski definition) is 4. The Bertz CT molecular complexity index is 831. The van der Waals surface area contributed by atoms with Crippen LogP contribution in [0.15, 0.2) is 59.5 Å². The molecule has 0 N–H and O–H groups in total. The molecule has 0 unspecified atom stereocenters. The highest BCUT2D eigenvalue weighted by atomic mass is 32.2. The fraction of sp³-hybridized carbons (Fsp3) is 0.273. The van der Waals surface area contributed by atoms with E-state index in [9.17, 15) is 4.79 Å². The van der Waals surface area contributed by atoms with Crippen molar-refractivity contribution in [2.24, 2.45) is 0 Å². The molecule has 1 heterocycles. The predicted octanol–water partition coefficient (Wildman–Crippen LogP) is 5.83. The van der Waals surface area contributed by atoms with Crippen molar-refractivity contribution in [2.75, 3.05) is 6.61 Å². The van der Waals surface area contributed by atoms with E-state index in [-0.39, 0.29) is 11.9 Å². The molecule has 1 amide bonds. The van der Waals surface area contributed by atoms with Crippen LogP contribution in [-0.4, -0.2) is 21.7 Å². The van der Waals surface area contributed by atoms with E-state index in [2.05, 4.69) is 6.92 Å². The Morgan fingerprint density at radius 3 is 2.52 bits per heavy atom. The molecule has 3 rings (SSSR count). The monoisotopic (exact) mass is 397 g/mol. The lowest BCUT2D eigenvalue weighted by Gasteiger charge is -2.23. The van der Waals surface area contributed by atoms with Gasteiger partial charge in [-0.2, -0.15) is 0 Å². The molecular formula is C22H23NO2S2. The van der Waals surface area contributed by atoms with E-state index < -0.39 is 0 Å². The van der Waals surface area contributed by atoms with Gasteiger partial charge in [0, 0.05) is 0 Å². The lowest BCUT2D eigenvalue weighted by Crippen LogP contribution is -2.30. The molecule has 27 heavy (non-hydrogen) atoms. The molecule has 0 spiro atoms. The van der Waals surface area contributed by atoms with Gasteiger partial charge >= 0.3 is 0 Å². The number of amides is 1. The molecular weight excluding hydrogens is 374 g/mol. The van der Waals surface area contributed by atoms with E-state index in [1.807, 2.05) is 67.6 Å². The molecule has 1 saturated heterocycles. The number of carbonyl (C=O) groups is 1. The summed E-state index contributed by atoms with van der Waals surface area (Å²) in [5.41, 5.74) is 2.04. The zero-order valence-corrected chi connectivity index (χ0v) is 17.2. The van der Waals surface area contributed by atoms with Crippen molar-refractivity contribution in [1.29, 1.82) is 0 Å². The first-order valence-corrected chi connectivity index (χ1v) is 10.4. The van der Waals surface area contributed by atoms with E-state index in [4.69, 9.17) is 17.0 Å². The summed E-state index contributed by atoms with van der Waals surface area (Å²) in [5, 5.41) is 0. The molecule has 2 aromatic carbocycles. The molecule has 0 bridgehead atoms. The van der Waals surface area contributed by atoms with Crippen molar-refractivity contribution in [3.63, 3.8) is 0 Å². The number of nitrogens with zero attached hydrogens (tertiary/aromatic N) is 1. The van der Waals surface area contributed by atoms with Gasteiger partial charge in [0.15, 0.2) is 0 Å². The first-order chi connectivity index (χ1) is 13.1. The molecule has 0 aromatic heterocycles. The first-order valence-electron chi connectivity index (χ1n) is 9.15. The summed E-state index contributed by atoms with van der Waals surface area (Å²) in [6.07, 6.45) is 4.05. The molecule has 1 atom stereocenters. The standard InChI is InChI=1S/C22H23NO2S2/c1-3-4-14-25-19-12-10-17(11-13-19)15-20-21(24)23(22(26)27-20)16(2)18-8-6-5-7-9-18/h5-13,15-16H,3-4,14H2,1-2H3/b20-15-/t16-/m1/s1. The van der Waals surface area contributed by atoms with Gasteiger partial charge in [-0.25, -0.2) is 0 Å². The predicted molar refractivity (Wildman–Crippen MR) is 117 cm³/mol. The second-order valence-corrected chi connectivity index (χ2v) is 8.09. The number of benzene rings is 2. The smallest absolute Gasteiger partial charge is 0.266 e. The third-order valence-electron chi connectivity index (χ3n) is 4.44. The van der Waals surface area contributed by atoms with Crippen LogP contribution >= 0.6 is 24.0 Å². The number of rotatable bonds is 7. The zero-order chi connectivity index (χ0) is 19.2. The third kappa shape index (κ3) is 4.79. The minimum Gasteiger partial charge on any atom is -0.494 e. The minimum absolute atomic E-state index is 0.0374. The lowest BCUT2D eigenvalue weighted by molar-refractivity contribution is -0.123. The second-order valence-electron chi connectivity index (χ2n) is 6.41. The highest BCUT2D eigenvalue weighted by molar-refractivity contribution is 8.26. The quantitative estimate of drug-likeness (QED) is 0.334. The third-order valence-corrected chi connectivity index (χ3v) is 5.77. The topological polar surface area (TPSA) is 29.5 Å². The Balaban J connectivity index is 1.72. The largest absolute Gasteiger partial charge is 0.494 e. The molecule has 0 radical (unpaired) electrons.